The summed E-state index contributed by atoms with van der Waals surface area (Å²) >= 11 is 0. The number of nitrogens with zero attached hydrogens (tertiary/aromatic N) is 5. The molecule has 11 nitrogen and oxygen atoms in total. The summed E-state index contributed by atoms with van der Waals surface area (Å²) < 4.78 is 22.0. The molecule has 4 rings (SSSR count). The molecule has 3 unspecified atom stereocenters. The number of hydrogen-bond acceptors (Lipinski definition) is 9. The molecule has 1 aromatic carbocycles. The van der Waals surface area contributed by atoms with Gasteiger partial charge in [-0.1, -0.05) is 53.7 Å². The number of nitrogens with two attached hydrogens (primary N) is 1. The van der Waals surface area contributed by atoms with E-state index in [1.807, 2.05) is 4.57 Å². The molecule has 2 N–H and O–H groups in total. The summed E-state index contributed by atoms with van der Waals surface area (Å²) in [6.07, 6.45) is 1.43. The molecule has 0 aliphatic carbocycles. The minimum absolute atomic E-state index is 0.0342. The number of non-ortho nitro benzene ring substituents is 1. The van der Waals surface area contributed by atoms with Gasteiger partial charge in [0.1, 0.15) is 23.5 Å². The first kappa shape index (κ1) is 31.2. The van der Waals surface area contributed by atoms with Crippen LogP contribution in [-0.4, -0.2) is 59.9 Å². The van der Waals surface area contributed by atoms with Crippen LogP contribution in [0.3, 0.4) is 0 Å². The second kappa shape index (κ2) is 10.8. The van der Waals surface area contributed by atoms with Crippen LogP contribution in [-0.2, 0) is 13.6 Å². The van der Waals surface area contributed by atoms with Crippen molar-refractivity contribution >= 4 is 39.4 Å². The van der Waals surface area contributed by atoms with Gasteiger partial charge in [0.05, 0.1) is 24.0 Å². The van der Waals surface area contributed by atoms with Crippen molar-refractivity contribution < 1.29 is 18.5 Å². The summed E-state index contributed by atoms with van der Waals surface area (Å²) in [5, 5.41) is 11.5. The van der Waals surface area contributed by atoms with Crippen LogP contribution in [0.15, 0.2) is 30.6 Å². The van der Waals surface area contributed by atoms with Gasteiger partial charge in [-0.25, -0.2) is 9.97 Å². The van der Waals surface area contributed by atoms with Gasteiger partial charge in [-0.2, -0.15) is 4.98 Å². The van der Waals surface area contributed by atoms with E-state index in [-0.39, 0.29) is 33.9 Å². The zero-order valence-corrected chi connectivity index (χ0v) is 27.9. The number of hydrogen-bond donors (Lipinski definition) is 1. The van der Waals surface area contributed by atoms with E-state index in [1.54, 1.807) is 18.5 Å². The number of ether oxygens (including phenoxy) is 1. The Morgan fingerprint density at radius 1 is 1.10 bits per heavy atom. The van der Waals surface area contributed by atoms with E-state index < -0.39 is 27.8 Å². The van der Waals surface area contributed by atoms with Crippen molar-refractivity contribution in [3.05, 3.63) is 40.7 Å². The predicted molar refractivity (Wildman–Crippen MR) is 166 cm³/mol. The molecule has 13 heteroatoms. The highest BCUT2D eigenvalue weighted by molar-refractivity contribution is 6.74. The maximum Gasteiger partial charge on any atom is 0.270 e. The molecule has 1 fully saturated rings. The molecular formula is C28H44N6O5Si2. The van der Waals surface area contributed by atoms with Crippen LogP contribution in [0.25, 0.3) is 22.4 Å². The quantitative estimate of drug-likeness (QED) is 0.170. The van der Waals surface area contributed by atoms with Crippen LogP contribution in [0.5, 0.6) is 0 Å². The first-order valence-corrected chi connectivity index (χ1v) is 19.8. The highest BCUT2D eigenvalue weighted by atomic mass is 28.4. The van der Waals surface area contributed by atoms with Crippen LogP contribution >= 0.6 is 0 Å². The van der Waals surface area contributed by atoms with Crippen LogP contribution in [0, 0.1) is 10.1 Å². The molecule has 41 heavy (non-hydrogen) atoms. The van der Waals surface area contributed by atoms with Crippen LogP contribution < -0.4 is 5.73 Å². The number of fused-ring (bicyclic) bond motifs is 1. The Balaban J connectivity index is 1.70. The molecule has 0 saturated carbocycles. The number of nitrogen functional groups attached to an aromatic ring is 1. The van der Waals surface area contributed by atoms with Gasteiger partial charge in [-0.3, -0.25) is 14.7 Å². The van der Waals surface area contributed by atoms with Crippen molar-refractivity contribution in [2.75, 3.05) is 12.3 Å². The van der Waals surface area contributed by atoms with E-state index in [1.165, 1.54) is 12.1 Å². The molecular weight excluding hydrogens is 557 g/mol. The fourth-order valence-electron chi connectivity index (χ4n) is 4.32. The van der Waals surface area contributed by atoms with Gasteiger partial charge in [-0.05, 0) is 36.3 Å². The molecule has 3 aromatic rings. The van der Waals surface area contributed by atoms with E-state index in [9.17, 15) is 10.1 Å². The standard InChI is InChI=1S/C28H44N6O5Si2/c1-27(2,3)40(7,8)37-16-21-20(39-41(9,10)28(4,5)6)15-22(38-21)33-17-30-24-23(31-26(29)32-25(24)33)18-12-11-13-19(14-18)34(35)36/h11-14,17,20-22H,15-16H2,1-10H3,(H2,29,31,32). The molecule has 1 saturated heterocycles. The van der Waals surface area contributed by atoms with Gasteiger partial charge in [0.25, 0.3) is 5.69 Å². The Bertz CT molecular complexity index is 1430. The number of nitro benzene ring substituents is 1. The van der Waals surface area contributed by atoms with E-state index in [0.29, 0.717) is 35.4 Å². The zero-order chi connectivity index (χ0) is 30.5. The highest BCUT2D eigenvalue weighted by Crippen LogP contribution is 2.43. The molecule has 0 amide bonds. The lowest BCUT2D eigenvalue weighted by Gasteiger charge is -2.40. The summed E-state index contributed by atoms with van der Waals surface area (Å²) in [5.41, 5.74) is 8.06. The fourth-order valence-corrected chi connectivity index (χ4v) is 6.69. The van der Waals surface area contributed by atoms with E-state index in [0.717, 1.165) is 0 Å². The van der Waals surface area contributed by atoms with Crippen LogP contribution in [0.1, 0.15) is 54.2 Å². The van der Waals surface area contributed by atoms with Gasteiger partial charge >= 0.3 is 0 Å². The van der Waals surface area contributed by atoms with Gasteiger partial charge in [-0.15, -0.1) is 0 Å². The minimum atomic E-state index is -2.12. The molecule has 0 radical (unpaired) electrons. The zero-order valence-electron chi connectivity index (χ0n) is 25.9. The Hall–Kier alpha value is -2.72. The maximum atomic E-state index is 11.4. The summed E-state index contributed by atoms with van der Waals surface area (Å²) in [4.78, 5) is 24.4. The number of anilines is 1. The monoisotopic (exact) mass is 600 g/mol. The third-order valence-corrected chi connectivity index (χ3v) is 17.9. The van der Waals surface area contributed by atoms with Crippen molar-refractivity contribution in [1.82, 2.24) is 19.5 Å². The highest BCUT2D eigenvalue weighted by Gasteiger charge is 2.47. The lowest BCUT2D eigenvalue weighted by molar-refractivity contribution is -0.384. The third-order valence-electron chi connectivity index (χ3n) is 8.93. The van der Waals surface area contributed by atoms with E-state index in [2.05, 4.69) is 82.7 Å². The largest absolute Gasteiger partial charge is 0.414 e. The summed E-state index contributed by atoms with van der Waals surface area (Å²) in [5.74, 6) is 0.0469. The van der Waals surface area contributed by atoms with E-state index in [4.69, 9.17) is 19.3 Å². The Kier molecular flexibility index (Phi) is 8.26. The Morgan fingerprint density at radius 2 is 1.76 bits per heavy atom. The first-order valence-electron chi connectivity index (χ1n) is 14.0. The van der Waals surface area contributed by atoms with Gasteiger partial charge in [0.15, 0.2) is 22.3 Å². The molecule has 1 aliphatic heterocycles. The summed E-state index contributed by atoms with van der Waals surface area (Å²) in [6, 6.07) is 6.26. The normalized spacial score (nSPS) is 20.6. The lowest BCUT2D eigenvalue weighted by Crippen LogP contribution is -2.48. The molecule has 1 aliphatic rings. The third kappa shape index (κ3) is 6.38. The Morgan fingerprint density at radius 3 is 2.37 bits per heavy atom. The van der Waals surface area contributed by atoms with Crippen molar-refractivity contribution in [2.24, 2.45) is 0 Å². The number of benzene rings is 1. The Labute approximate surface area is 244 Å². The smallest absolute Gasteiger partial charge is 0.270 e. The molecule has 3 heterocycles. The SMILES string of the molecule is CC(C)(C)[Si](C)(C)OCC1OC(n2cnc3c(-c4cccc([N+](=O)[O-])c4)nc(N)nc32)CC1O[Si](C)(C)C(C)(C)C. The van der Waals surface area contributed by atoms with Crippen molar-refractivity contribution in [1.29, 1.82) is 0 Å². The molecule has 224 valence electrons. The number of nitro groups is 1. The van der Waals surface area contributed by atoms with Crippen molar-refractivity contribution in [3.63, 3.8) is 0 Å². The van der Waals surface area contributed by atoms with Gasteiger partial charge in [0.2, 0.25) is 5.95 Å². The predicted octanol–water partition coefficient (Wildman–Crippen LogP) is 6.68. The summed E-state index contributed by atoms with van der Waals surface area (Å²) in [6.45, 7) is 22.8. The first-order chi connectivity index (χ1) is 18.8. The van der Waals surface area contributed by atoms with E-state index >= 15 is 0 Å². The maximum absolute atomic E-state index is 11.4. The van der Waals surface area contributed by atoms with Gasteiger partial charge < -0.3 is 19.3 Å². The lowest BCUT2D eigenvalue weighted by atomic mass is 10.1. The molecule has 0 bridgehead atoms. The van der Waals surface area contributed by atoms with Crippen molar-refractivity contribution in [3.8, 4) is 11.3 Å². The number of aromatic nitrogens is 4. The second-order valence-electron chi connectivity index (χ2n) is 13.9. The number of imidazole rings is 1. The average Bonchev–Trinajstić information content (AvgIpc) is 3.44. The summed E-state index contributed by atoms with van der Waals surface area (Å²) in [7, 11) is -4.14. The average molecular weight is 601 g/mol. The van der Waals surface area contributed by atoms with Crippen molar-refractivity contribution in [2.45, 2.75) is 103 Å². The van der Waals surface area contributed by atoms with Gasteiger partial charge in [0, 0.05) is 24.1 Å². The topological polar surface area (TPSA) is 140 Å². The second-order valence-corrected chi connectivity index (χ2v) is 23.5. The van der Waals surface area contributed by atoms with Crippen LogP contribution in [0.4, 0.5) is 11.6 Å². The molecule has 3 atom stereocenters. The number of rotatable bonds is 8. The molecule has 2 aromatic heterocycles. The van der Waals surface area contributed by atoms with Crippen LogP contribution in [0.2, 0.25) is 36.3 Å². The fraction of sp³-hybridized carbons (Fsp3) is 0.607. The minimum Gasteiger partial charge on any atom is -0.414 e. The molecule has 0 spiro atoms.